The summed E-state index contributed by atoms with van der Waals surface area (Å²) in [6, 6.07) is 1.44. The van der Waals surface area contributed by atoms with Gasteiger partial charge in [-0.15, -0.1) is 0 Å². The van der Waals surface area contributed by atoms with Crippen LogP contribution in [0.15, 0.2) is 23.4 Å². The number of rotatable bonds is 6. The summed E-state index contributed by atoms with van der Waals surface area (Å²) in [5.41, 5.74) is 0. The number of halogens is 1. The van der Waals surface area contributed by atoms with Crippen LogP contribution in [0.4, 0.5) is 4.39 Å². The van der Waals surface area contributed by atoms with Gasteiger partial charge in [-0.1, -0.05) is 0 Å². The Bertz CT molecular complexity index is 466. The summed E-state index contributed by atoms with van der Waals surface area (Å²) in [7, 11) is -2.74. The number of aromatic nitrogens is 1. The maximum Gasteiger partial charge on any atom is 0.261 e. The van der Waals surface area contributed by atoms with Crippen molar-refractivity contribution < 1.29 is 22.7 Å². The molecule has 0 spiro atoms. The summed E-state index contributed by atoms with van der Waals surface area (Å²) < 4.78 is 43.5. The van der Waals surface area contributed by atoms with E-state index in [1.165, 1.54) is 19.4 Å². The summed E-state index contributed by atoms with van der Waals surface area (Å²) in [6.45, 7) is -0.480. The number of nitrogens with zero attached hydrogens (tertiary/aromatic N) is 1. The van der Waals surface area contributed by atoms with E-state index in [4.69, 9.17) is 9.84 Å². The zero-order chi connectivity index (χ0) is 12.9. The number of aliphatic hydroxyl groups excluding tert-OH is 1. The maximum absolute atomic E-state index is 13.3. The van der Waals surface area contributed by atoms with Gasteiger partial charge in [-0.3, -0.25) is 0 Å². The Morgan fingerprint density at radius 1 is 1.65 bits per heavy atom. The van der Waals surface area contributed by atoms with Gasteiger partial charge in [0.1, 0.15) is 0 Å². The highest BCUT2D eigenvalue weighted by molar-refractivity contribution is 7.89. The number of methoxy groups -OCH3 is 1. The summed E-state index contributed by atoms with van der Waals surface area (Å²) in [6.07, 6.45) is 1.17. The smallest absolute Gasteiger partial charge is 0.261 e. The highest BCUT2D eigenvalue weighted by Gasteiger charge is 2.23. The Labute approximate surface area is 98.5 Å². The Morgan fingerprint density at radius 2 is 2.35 bits per heavy atom. The van der Waals surface area contributed by atoms with Crippen LogP contribution in [-0.4, -0.2) is 44.9 Å². The Kier molecular flexibility index (Phi) is 4.94. The molecule has 0 saturated heterocycles. The summed E-state index contributed by atoms with van der Waals surface area (Å²) in [5, 5.41) is 8.22. The van der Waals surface area contributed by atoms with E-state index < -0.39 is 33.5 Å². The topological polar surface area (TPSA) is 88.5 Å². The lowest BCUT2D eigenvalue weighted by molar-refractivity contribution is 0.139. The van der Waals surface area contributed by atoms with Crippen LogP contribution in [0.3, 0.4) is 0 Å². The van der Waals surface area contributed by atoms with E-state index >= 15 is 0 Å². The maximum atomic E-state index is 13.3. The van der Waals surface area contributed by atoms with Gasteiger partial charge in [0.15, 0.2) is 5.82 Å². The molecular formula is C9H13FN2O4S. The zero-order valence-corrected chi connectivity index (χ0v) is 9.95. The van der Waals surface area contributed by atoms with Gasteiger partial charge in [-0.2, -0.15) is 0 Å². The molecule has 0 aliphatic carbocycles. The summed E-state index contributed by atoms with van der Waals surface area (Å²) in [4.78, 5) is 3.45. The number of sulfonamides is 1. The van der Waals surface area contributed by atoms with Crippen molar-refractivity contribution >= 4 is 10.0 Å². The second-order valence-electron chi connectivity index (χ2n) is 3.25. The van der Waals surface area contributed by atoms with E-state index in [1.807, 2.05) is 0 Å². The second-order valence-corrected chi connectivity index (χ2v) is 4.88. The molecule has 2 N–H and O–H groups in total. The fourth-order valence-corrected chi connectivity index (χ4v) is 2.39. The van der Waals surface area contributed by atoms with Crippen LogP contribution in [0.25, 0.3) is 0 Å². The number of ether oxygens (including phenoxy) is 1. The normalized spacial score (nSPS) is 13.6. The van der Waals surface area contributed by atoms with Gasteiger partial charge in [0.05, 0.1) is 19.3 Å². The van der Waals surface area contributed by atoms with Crippen LogP contribution in [0, 0.1) is 5.82 Å². The minimum atomic E-state index is -4.10. The first-order valence-corrected chi connectivity index (χ1v) is 6.22. The lowest BCUT2D eigenvalue weighted by atomic mass is 10.4. The Hall–Kier alpha value is -1.09. The lowest BCUT2D eigenvalue weighted by Crippen LogP contribution is -2.41. The van der Waals surface area contributed by atoms with Crippen LogP contribution >= 0.6 is 0 Å². The number of nitrogens with one attached hydrogen (secondary N) is 1. The molecule has 1 atom stereocenters. The van der Waals surface area contributed by atoms with Gasteiger partial charge in [-0.25, -0.2) is 22.5 Å². The van der Waals surface area contributed by atoms with E-state index in [0.717, 1.165) is 6.07 Å². The third-order valence-electron chi connectivity index (χ3n) is 1.89. The standard InChI is InChI=1S/C9H13FN2O4S/c1-16-6-7(5-13)12-17(14,15)9-8(10)3-2-4-11-9/h2-4,7,12-13H,5-6H2,1H3. The van der Waals surface area contributed by atoms with E-state index in [1.54, 1.807) is 0 Å². The molecule has 1 unspecified atom stereocenters. The average molecular weight is 264 g/mol. The first-order chi connectivity index (χ1) is 8.01. The molecule has 0 fully saturated rings. The van der Waals surface area contributed by atoms with Crippen molar-refractivity contribution in [3.8, 4) is 0 Å². The van der Waals surface area contributed by atoms with E-state index in [9.17, 15) is 12.8 Å². The van der Waals surface area contributed by atoms with E-state index in [2.05, 4.69) is 9.71 Å². The molecule has 0 bridgehead atoms. The SMILES string of the molecule is COCC(CO)NS(=O)(=O)c1ncccc1F. The molecule has 0 radical (unpaired) electrons. The molecule has 1 aromatic rings. The van der Waals surface area contributed by atoms with Crippen LogP contribution in [0.5, 0.6) is 0 Å². The quantitative estimate of drug-likeness (QED) is 0.723. The third-order valence-corrected chi connectivity index (χ3v) is 3.34. The predicted molar refractivity (Wildman–Crippen MR) is 57.3 cm³/mol. The lowest BCUT2D eigenvalue weighted by Gasteiger charge is -2.14. The number of aliphatic hydroxyl groups is 1. The summed E-state index contributed by atoms with van der Waals surface area (Å²) in [5.74, 6) is -0.950. The Morgan fingerprint density at radius 3 is 2.88 bits per heavy atom. The highest BCUT2D eigenvalue weighted by Crippen LogP contribution is 2.10. The monoisotopic (exact) mass is 264 g/mol. The van der Waals surface area contributed by atoms with Crippen molar-refractivity contribution in [2.24, 2.45) is 0 Å². The Balaban J connectivity index is 2.92. The first kappa shape index (κ1) is 14.0. The summed E-state index contributed by atoms with van der Waals surface area (Å²) >= 11 is 0. The van der Waals surface area contributed by atoms with Crippen LogP contribution in [0.1, 0.15) is 0 Å². The largest absolute Gasteiger partial charge is 0.395 e. The molecule has 17 heavy (non-hydrogen) atoms. The van der Waals surface area contributed by atoms with Gasteiger partial charge in [0.2, 0.25) is 5.03 Å². The highest BCUT2D eigenvalue weighted by atomic mass is 32.2. The van der Waals surface area contributed by atoms with E-state index in [0.29, 0.717) is 0 Å². The van der Waals surface area contributed by atoms with Gasteiger partial charge in [0, 0.05) is 13.3 Å². The molecule has 0 saturated carbocycles. The van der Waals surface area contributed by atoms with Gasteiger partial charge in [-0.05, 0) is 12.1 Å². The number of hydrogen-bond acceptors (Lipinski definition) is 5. The number of pyridine rings is 1. The van der Waals surface area contributed by atoms with Crippen molar-refractivity contribution in [1.82, 2.24) is 9.71 Å². The molecule has 0 aromatic carbocycles. The van der Waals surface area contributed by atoms with Crippen molar-refractivity contribution in [3.05, 3.63) is 24.1 Å². The minimum absolute atomic E-state index is 0.0236. The fourth-order valence-electron chi connectivity index (χ4n) is 1.17. The molecular weight excluding hydrogens is 251 g/mol. The van der Waals surface area contributed by atoms with Gasteiger partial charge < -0.3 is 9.84 Å². The number of hydrogen-bond donors (Lipinski definition) is 2. The molecule has 1 aromatic heterocycles. The van der Waals surface area contributed by atoms with Crippen molar-refractivity contribution in [2.75, 3.05) is 20.3 Å². The molecule has 96 valence electrons. The van der Waals surface area contributed by atoms with E-state index in [-0.39, 0.29) is 6.61 Å². The first-order valence-electron chi connectivity index (χ1n) is 4.74. The third kappa shape index (κ3) is 3.70. The van der Waals surface area contributed by atoms with Crippen LogP contribution < -0.4 is 4.72 Å². The zero-order valence-electron chi connectivity index (χ0n) is 9.13. The van der Waals surface area contributed by atoms with Crippen molar-refractivity contribution in [1.29, 1.82) is 0 Å². The van der Waals surface area contributed by atoms with Crippen LogP contribution in [0.2, 0.25) is 0 Å². The molecule has 0 aliphatic heterocycles. The van der Waals surface area contributed by atoms with Crippen molar-refractivity contribution in [2.45, 2.75) is 11.1 Å². The molecule has 6 nitrogen and oxygen atoms in total. The minimum Gasteiger partial charge on any atom is -0.395 e. The molecule has 0 aliphatic rings. The molecule has 8 heteroatoms. The van der Waals surface area contributed by atoms with Gasteiger partial charge >= 0.3 is 0 Å². The van der Waals surface area contributed by atoms with Crippen molar-refractivity contribution in [3.63, 3.8) is 0 Å². The molecule has 0 amide bonds. The molecule has 1 heterocycles. The van der Waals surface area contributed by atoms with Crippen LogP contribution in [-0.2, 0) is 14.8 Å². The second kappa shape index (κ2) is 6.01. The van der Waals surface area contributed by atoms with Gasteiger partial charge in [0.25, 0.3) is 10.0 Å². The predicted octanol–water partition coefficient (Wildman–Crippen LogP) is -0.494. The fraction of sp³-hybridized carbons (Fsp3) is 0.444. The average Bonchev–Trinajstić information content (AvgIpc) is 2.28. The molecule has 1 rings (SSSR count).